The average Bonchev–Trinajstić information content (AvgIpc) is 2.02. The van der Waals surface area contributed by atoms with Gasteiger partial charge in [0.2, 0.25) is 0 Å². The smallest absolute Gasteiger partial charge is 0.313 e. The fourth-order valence-corrected chi connectivity index (χ4v) is 0.914. The molecular weight excluding hydrogens is 186 g/mol. The van der Waals surface area contributed by atoms with Crippen LogP contribution in [-0.2, 0) is 4.79 Å². The van der Waals surface area contributed by atoms with E-state index in [9.17, 15) is 9.90 Å². The van der Waals surface area contributed by atoms with Gasteiger partial charge in [-0.15, -0.1) is 0 Å². The molecule has 0 aromatic rings. The van der Waals surface area contributed by atoms with Crippen LogP contribution in [0.3, 0.4) is 0 Å². The topological polar surface area (TPSA) is 89.8 Å². The molecule has 0 rings (SSSR count). The van der Waals surface area contributed by atoms with Gasteiger partial charge in [-0.1, -0.05) is 0 Å². The third-order valence-corrected chi connectivity index (χ3v) is 2.55. The number of carboxylic acids is 1. The van der Waals surface area contributed by atoms with Gasteiger partial charge in [0.25, 0.3) is 0 Å². The number of aliphatic hydroxyl groups is 2. The molecule has 0 aromatic heterocycles. The van der Waals surface area contributed by atoms with Crippen molar-refractivity contribution in [2.75, 3.05) is 6.61 Å². The highest BCUT2D eigenvalue weighted by Crippen LogP contribution is 2.29. The van der Waals surface area contributed by atoms with Crippen LogP contribution in [-0.4, -0.2) is 39.7 Å². The number of hydrogen-bond donors (Lipinski definition) is 4. The molecule has 14 heavy (non-hydrogen) atoms. The maximum Gasteiger partial charge on any atom is 0.313 e. The van der Waals surface area contributed by atoms with Crippen LogP contribution < -0.4 is 5.32 Å². The molecule has 0 bridgehead atoms. The Morgan fingerprint density at radius 2 is 1.86 bits per heavy atom. The van der Waals surface area contributed by atoms with Crippen molar-refractivity contribution in [1.82, 2.24) is 5.32 Å². The van der Waals surface area contributed by atoms with Crippen molar-refractivity contribution in [3.63, 3.8) is 0 Å². The third kappa shape index (κ3) is 2.67. The van der Waals surface area contributed by atoms with E-state index >= 15 is 0 Å². The van der Waals surface area contributed by atoms with Crippen LogP contribution in [0.5, 0.6) is 0 Å². The first-order chi connectivity index (χ1) is 6.15. The Morgan fingerprint density at radius 3 is 2.14 bits per heavy atom. The molecule has 0 saturated heterocycles. The fourth-order valence-electron chi connectivity index (χ4n) is 0.914. The fraction of sp³-hybridized carbons (Fsp3) is 0.889. The highest BCUT2D eigenvalue weighted by molar-refractivity contribution is 5.75. The molecule has 0 amide bonds. The van der Waals surface area contributed by atoms with Crippen molar-refractivity contribution >= 4 is 5.97 Å². The van der Waals surface area contributed by atoms with Crippen molar-refractivity contribution in [2.45, 2.75) is 39.5 Å². The van der Waals surface area contributed by atoms with Gasteiger partial charge in [0.15, 0.2) is 0 Å². The summed E-state index contributed by atoms with van der Waals surface area (Å²) in [7, 11) is 0. The van der Waals surface area contributed by atoms with Gasteiger partial charge in [-0.2, -0.15) is 0 Å². The highest BCUT2D eigenvalue weighted by atomic mass is 16.4. The number of nitrogens with one attached hydrogen (secondary N) is 1. The summed E-state index contributed by atoms with van der Waals surface area (Å²) in [6.45, 7) is 5.73. The Morgan fingerprint density at radius 1 is 1.43 bits per heavy atom. The second kappa shape index (κ2) is 4.25. The summed E-state index contributed by atoms with van der Waals surface area (Å²) in [6.07, 6.45) is 0. The monoisotopic (exact) mass is 205 g/mol. The van der Waals surface area contributed by atoms with Crippen molar-refractivity contribution in [3.05, 3.63) is 0 Å². The van der Waals surface area contributed by atoms with E-state index in [0.29, 0.717) is 0 Å². The predicted octanol–water partition coefficient (Wildman–Crippen LogP) is -0.224. The molecular formula is C9H19NO4. The van der Waals surface area contributed by atoms with Gasteiger partial charge in [-0.25, -0.2) is 0 Å². The first kappa shape index (κ1) is 13.4. The van der Waals surface area contributed by atoms with Crippen LogP contribution in [0.1, 0.15) is 27.7 Å². The van der Waals surface area contributed by atoms with Gasteiger partial charge < -0.3 is 15.3 Å². The van der Waals surface area contributed by atoms with Gasteiger partial charge in [-0.3, -0.25) is 10.1 Å². The van der Waals surface area contributed by atoms with E-state index in [-0.39, 0.29) is 12.6 Å². The molecule has 0 aliphatic heterocycles. The summed E-state index contributed by atoms with van der Waals surface area (Å²) in [5.41, 5.74) is -2.89. The molecule has 0 saturated carbocycles. The molecule has 0 spiro atoms. The maximum absolute atomic E-state index is 10.9. The minimum absolute atomic E-state index is 0.161. The second-order valence-electron chi connectivity index (χ2n) is 4.23. The molecule has 0 fully saturated rings. The molecule has 0 aromatic carbocycles. The van der Waals surface area contributed by atoms with Crippen LogP contribution in [0.2, 0.25) is 0 Å². The summed E-state index contributed by atoms with van der Waals surface area (Å²) in [4.78, 5) is 10.9. The van der Waals surface area contributed by atoms with E-state index in [1.54, 1.807) is 6.92 Å². The van der Waals surface area contributed by atoms with E-state index in [0.717, 1.165) is 0 Å². The van der Waals surface area contributed by atoms with E-state index in [4.69, 9.17) is 10.2 Å². The number of carbonyl (C=O) groups is 1. The molecule has 0 heterocycles. The quantitative estimate of drug-likeness (QED) is 0.466. The summed E-state index contributed by atoms with van der Waals surface area (Å²) in [5, 5.41) is 30.2. The minimum atomic E-state index is -1.57. The molecule has 84 valence electrons. The summed E-state index contributed by atoms with van der Waals surface area (Å²) in [5.74, 6) is -1.10. The van der Waals surface area contributed by atoms with Crippen molar-refractivity contribution in [1.29, 1.82) is 0 Å². The van der Waals surface area contributed by atoms with Crippen LogP contribution >= 0.6 is 0 Å². The number of aliphatic carboxylic acids is 1. The number of rotatable bonds is 5. The lowest BCUT2D eigenvalue weighted by Crippen LogP contribution is -2.60. The lowest BCUT2D eigenvalue weighted by Gasteiger charge is -2.38. The van der Waals surface area contributed by atoms with E-state index in [1.807, 2.05) is 0 Å². The average molecular weight is 205 g/mol. The molecule has 5 nitrogen and oxygen atoms in total. The van der Waals surface area contributed by atoms with E-state index in [2.05, 4.69) is 5.32 Å². The Labute approximate surface area is 83.8 Å². The summed E-state index contributed by atoms with van der Waals surface area (Å²) in [6, 6.07) is -0.358. The SMILES string of the molecule is CC(CO)NC(C)(O)C(C)(C)C(=O)O. The molecule has 4 N–H and O–H groups in total. The number of aliphatic hydroxyl groups excluding tert-OH is 1. The maximum atomic E-state index is 10.9. The molecule has 2 unspecified atom stereocenters. The van der Waals surface area contributed by atoms with Gasteiger partial charge in [0.05, 0.1) is 6.61 Å². The minimum Gasteiger partial charge on any atom is -0.481 e. The standard InChI is InChI=1S/C9H19NO4/c1-6(5-11)10-9(4,14)8(2,3)7(12)13/h6,10-11,14H,5H2,1-4H3,(H,12,13). The zero-order chi connectivity index (χ0) is 11.6. The molecule has 0 radical (unpaired) electrons. The van der Waals surface area contributed by atoms with Crippen LogP contribution in [0.25, 0.3) is 0 Å². The van der Waals surface area contributed by atoms with E-state index < -0.39 is 17.1 Å². The summed E-state index contributed by atoms with van der Waals surface area (Å²) >= 11 is 0. The largest absolute Gasteiger partial charge is 0.481 e. The van der Waals surface area contributed by atoms with Gasteiger partial charge in [0.1, 0.15) is 11.1 Å². The first-order valence-electron chi connectivity index (χ1n) is 4.49. The highest BCUT2D eigenvalue weighted by Gasteiger charge is 2.46. The van der Waals surface area contributed by atoms with Gasteiger partial charge in [-0.05, 0) is 27.7 Å². The van der Waals surface area contributed by atoms with Gasteiger partial charge >= 0.3 is 5.97 Å². The lowest BCUT2D eigenvalue weighted by atomic mass is 9.81. The van der Waals surface area contributed by atoms with Gasteiger partial charge in [0, 0.05) is 6.04 Å². The van der Waals surface area contributed by atoms with Crippen LogP contribution in [0.4, 0.5) is 0 Å². The zero-order valence-corrected chi connectivity index (χ0v) is 9.03. The van der Waals surface area contributed by atoms with Crippen LogP contribution in [0, 0.1) is 5.41 Å². The Balaban J connectivity index is 4.68. The molecule has 2 atom stereocenters. The Kier molecular flexibility index (Phi) is 4.05. The first-order valence-corrected chi connectivity index (χ1v) is 4.49. The molecule has 0 aliphatic carbocycles. The zero-order valence-electron chi connectivity index (χ0n) is 9.03. The normalized spacial score (nSPS) is 18.7. The van der Waals surface area contributed by atoms with Crippen molar-refractivity contribution in [3.8, 4) is 0 Å². The van der Waals surface area contributed by atoms with E-state index in [1.165, 1.54) is 20.8 Å². The number of carboxylic acid groups (broad SMARTS) is 1. The third-order valence-electron chi connectivity index (χ3n) is 2.55. The predicted molar refractivity (Wildman–Crippen MR) is 51.7 cm³/mol. The molecule has 0 aliphatic rings. The lowest BCUT2D eigenvalue weighted by molar-refractivity contribution is -0.168. The number of hydrogen-bond acceptors (Lipinski definition) is 4. The second-order valence-corrected chi connectivity index (χ2v) is 4.23. The Bertz CT molecular complexity index is 213. The summed E-state index contributed by atoms with van der Waals surface area (Å²) < 4.78 is 0. The Hall–Kier alpha value is -0.650. The molecule has 5 heteroatoms. The van der Waals surface area contributed by atoms with Crippen molar-refractivity contribution in [2.24, 2.45) is 5.41 Å². The van der Waals surface area contributed by atoms with Crippen LogP contribution in [0.15, 0.2) is 0 Å². The van der Waals surface area contributed by atoms with Crippen molar-refractivity contribution < 1.29 is 20.1 Å².